The Bertz CT molecular complexity index is 1550. The number of ether oxygens (including phenoxy) is 2. The number of fused-ring (bicyclic) bond motifs is 3. The van der Waals surface area contributed by atoms with Gasteiger partial charge in [0.05, 0.1) is 36.5 Å². The van der Waals surface area contributed by atoms with E-state index in [1.807, 2.05) is 36.4 Å². The lowest BCUT2D eigenvalue weighted by Crippen LogP contribution is -2.46. The molecule has 2 unspecified atom stereocenters. The number of carbonyl (C=O) groups excluding carboxylic acids is 2. The standard InChI is InChI=1S/C38H44N2O5/c1-24-32(20-39-23-38(4)18-29(39)17-37(2,3)22-38)44-36(45-33(24)27-13-11-26(21-41)12-14-27)28-15-9-25(10-16-28)19-40-34(42)30-7-5-6-8-31(30)35(40)43/h5-16,24,29,32-33,36,41H,17-23H2,1-4H3/t24-,29?,32+,33+,36+,38?/m0/s1. The molecule has 1 aliphatic carbocycles. The smallest absolute Gasteiger partial charge is 0.261 e. The molecule has 2 amide bonds. The average Bonchev–Trinajstić information content (AvgIpc) is 3.41. The molecule has 7 nitrogen and oxygen atoms in total. The number of benzene rings is 3. The summed E-state index contributed by atoms with van der Waals surface area (Å²) in [5, 5.41) is 9.61. The molecular weight excluding hydrogens is 564 g/mol. The number of carbonyl (C=O) groups is 2. The summed E-state index contributed by atoms with van der Waals surface area (Å²) >= 11 is 0. The average molecular weight is 609 g/mol. The van der Waals surface area contributed by atoms with Gasteiger partial charge < -0.3 is 14.6 Å². The molecule has 2 saturated heterocycles. The summed E-state index contributed by atoms with van der Waals surface area (Å²) in [6, 6.07) is 23.5. The van der Waals surface area contributed by atoms with Crippen LogP contribution in [0.3, 0.4) is 0 Å². The Morgan fingerprint density at radius 1 is 0.822 bits per heavy atom. The van der Waals surface area contributed by atoms with Crippen molar-refractivity contribution in [3.63, 3.8) is 0 Å². The molecule has 3 fully saturated rings. The molecule has 1 saturated carbocycles. The summed E-state index contributed by atoms with van der Waals surface area (Å²) in [6.45, 7) is 11.7. The Morgan fingerprint density at radius 2 is 1.44 bits per heavy atom. The minimum absolute atomic E-state index is 0.00818. The zero-order valence-electron chi connectivity index (χ0n) is 26.7. The Kier molecular flexibility index (Phi) is 7.72. The van der Waals surface area contributed by atoms with E-state index >= 15 is 0 Å². The molecule has 4 aliphatic rings. The van der Waals surface area contributed by atoms with Crippen LogP contribution in [-0.4, -0.2) is 52.0 Å². The fourth-order valence-electron chi connectivity index (χ4n) is 8.69. The van der Waals surface area contributed by atoms with Crippen molar-refractivity contribution in [1.29, 1.82) is 0 Å². The second-order valence-corrected chi connectivity index (χ2v) is 14.9. The molecule has 0 spiro atoms. The normalized spacial score (nSPS) is 31.0. The highest BCUT2D eigenvalue weighted by Crippen LogP contribution is 2.53. The number of nitrogens with zero attached hydrogens (tertiary/aromatic N) is 2. The van der Waals surface area contributed by atoms with Gasteiger partial charge in [-0.2, -0.15) is 0 Å². The molecule has 6 atom stereocenters. The van der Waals surface area contributed by atoms with Crippen molar-refractivity contribution in [2.75, 3.05) is 13.1 Å². The zero-order chi connectivity index (χ0) is 31.5. The third kappa shape index (κ3) is 5.76. The Hall–Kier alpha value is -3.36. The van der Waals surface area contributed by atoms with Crippen LogP contribution in [0.5, 0.6) is 0 Å². The second kappa shape index (κ2) is 11.5. The predicted octanol–water partition coefficient (Wildman–Crippen LogP) is 6.67. The lowest BCUT2D eigenvalue weighted by Gasteiger charge is -2.43. The first kappa shape index (κ1) is 30.3. The lowest BCUT2D eigenvalue weighted by molar-refractivity contribution is -0.276. The molecule has 3 aliphatic heterocycles. The molecule has 2 bridgehead atoms. The molecule has 3 aromatic rings. The minimum Gasteiger partial charge on any atom is -0.392 e. The van der Waals surface area contributed by atoms with Crippen LogP contribution in [0.1, 0.15) is 102 Å². The third-order valence-electron chi connectivity index (χ3n) is 10.5. The number of amides is 2. The van der Waals surface area contributed by atoms with E-state index in [0.29, 0.717) is 28.0 Å². The van der Waals surface area contributed by atoms with Crippen LogP contribution in [0, 0.1) is 16.7 Å². The Morgan fingerprint density at radius 3 is 2.09 bits per heavy atom. The summed E-state index contributed by atoms with van der Waals surface area (Å²) in [6.07, 6.45) is 2.95. The highest BCUT2D eigenvalue weighted by Gasteiger charge is 2.51. The number of likely N-dealkylation sites (tertiary alicyclic amines) is 1. The van der Waals surface area contributed by atoms with Crippen molar-refractivity contribution in [1.82, 2.24) is 9.80 Å². The maximum Gasteiger partial charge on any atom is 0.261 e. The Labute approximate surface area is 266 Å². The number of hydrogen-bond donors (Lipinski definition) is 1. The van der Waals surface area contributed by atoms with Crippen LogP contribution < -0.4 is 0 Å². The van der Waals surface area contributed by atoms with Crippen LogP contribution >= 0.6 is 0 Å². The van der Waals surface area contributed by atoms with Crippen LogP contribution in [0.4, 0.5) is 0 Å². The molecular formula is C38H44N2O5. The van der Waals surface area contributed by atoms with Crippen LogP contribution in [0.15, 0.2) is 72.8 Å². The van der Waals surface area contributed by atoms with Crippen molar-refractivity contribution in [2.24, 2.45) is 16.7 Å². The number of rotatable bonds is 7. The molecule has 45 heavy (non-hydrogen) atoms. The van der Waals surface area contributed by atoms with E-state index in [1.54, 1.807) is 24.3 Å². The van der Waals surface area contributed by atoms with Crippen molar-refractivity contribution < 1.29 is 24.2 Å². The predicted molar refractivity (Wildman–Crippen MR) is 171 cm³/mol. The fraction of sp³-hybridized carbons (Fsp3) is 0.474. The van der Waals surface area contributed by atoms with Gasteiger partial charge in [0.2, 0.25) is 0 Å². The van der Waals surface area contributed by atoms with E-state index in [2.05, 4.69) is 44.7 Å². The zero-order valence-corrected chi connectivity index (χ0v) is 26.7. The van der Waals surface area contributed by atoms with Crippen molar-refractivity contribution in [3.8, 4) is 0 Å². The summed E-state index contributed by atoms with van der Waals surface area (Å²) < 4.78 is 13.5. The number of hydrogen-bond acceptors (Lipinski definition) is 6. The maximum atomic E-state index is 12.9. The minimum atomic E-state index is -0.559. The molecule has 7 heteroatoms. The summed E-state index contributed by atoms with van der Waals surface area (Å²) in [5.41, 5.74) is 5.34. The summed E-state index contributed by atoms with van der Waals surface area (Å²) in [4.78, 5) is 29.8. The van der Waals surface area contributed by atoms with Gasteiger partial charge in [-0.25, -0.2) is 0 Å². The van der Waals surface area contributed by atoms with Crippen molar-refractivity contribution in [2.45, 2.75) is 84.6 Å². The van der Waals surface area contributed by atoms with Gasteiger partial charge in [-0.3, -0.25) is 19.4 Å². The number of aliphatic hydroxyl groups excluding tert-OH is 1. The molecule has 236 valence electrons. The largest absolute Gasteiger partial charge is 0.392 e. The highest BCUT2D eigenvalue weighted by atomic mass is 16.7. The molecule has 1 N–H and O–H groups in total. The quantitative estimate of drug-likeness (QED) is 0.302. The number of imide groups is 1. The fourth-order valence-corrected chi connectivity index (χ4v) is 8.69. The Balaban J connectivity index is 1.12. The van der Waals surface area contributed by atoms with Crippen molar-refractivity contribution in [3.05, 3.63) is 106 Å². The molecule has 3 heterocycles. The van der Waals surface area contributed by atoms with E-state index < -0.39 is 6.29 Å². The summed E-state index contributed by atoms with van der Waals surface area (Å²) in [5.74, 6) is -0.390. The highest BCUT2D eigenvalue weighted by molar-refractivity contribution is 6.21. The summed E-state index contributed by atoms with van der Waals surface area (Å²) in [7, 11) is 0. The third-order valence-corrected chi connectivity index (χ3v) is 10.5. The van der Waals surface area contributed by atoms with Gasteiger partial charge in [-0.1, -0.05) is 88.4 Å². The maximum absolute atomic E-state index is 12.9. The van der Waals surface area contributed by atoms with Gasteiger partial charge in [-0.05, 0) is 58.9 Å². The SMILES string of the molecule is C[C@H]1[C@@H](CN2CC3(C)CC2CC(C)(C)C3)O[C@@H](c2ccc(CN3C(=O)c4ccccc4C3=O)cc2)O[C@H]1c1ccc(CO)cc1. The second-order valence-electron chi connectivity index (χ2n) is 14.9. The van der Waals surface area contributed by atoms with Crippen LogP contribution in [0.2, 0.25) is 0 Å². The molecule has 7 rings (SSSR count). The van der Waals surface area contributed by atoms with E-state index in [0.717, 1.165) is 35.3 Å². The topological polar surface area (TPSA) is 79.3 Å². The van der Waals surface area contributed by atoms with E-state index in [1.165, 1.54) is 24.2 Å². The molecule has 0 aromatic heterocycles. The van der Waals surface area contributed by atoms with E-state index in [-0.39, 0.29) is 43.1 Å². The van der Waals surface area contributed by atoms with E-state index in [9.17, 15) is 14.7 Å². The first-order valence-electron chi connectivity index (χ1n) is 16.3. The first-order chi connectivity index (χ1) is 21.5. The van der Waals surface area contributed by atoms with Gasteiger partial charge in [0.25, 0.3) is 11.8 Å². The molecule has 0 radical (unpaired) electrons. The molecule has 3 aromatic carbocycles. The monoisotopic (exact) mass is 608 g/mol. The number of aliphatic hydroxyl groups is 1. The van der Waals surface area contributed by atoms with Gasteiger partial charge >= 0.3 is 0 Å². The van der Waals surface area contributed by atoms with E-state index in [4.69, 9.17) is 9.47 Å². The van der Waals surface area contributed by atoms with Gasteiger partial charge in [0.15, 0.2) is 6.29 Å². The van der Waals surface area contributed by atoms with Crippen LogP contribution in [0.25, 0.3) is 0 Å². The van der Waals surface area contributed by atoms with Crippen LogP contribution in [-0.2, 0) is 22.6 Å². The van der Waals surface area contributed by atoms with Gasteiger partial charge in [-0.15, -0.1) is 0 Å². The van der Waals surface area contributed by atoms with Gasteiger partial charge in [0, 0.05) is 30.6 Å². The van der Waals surface area contributed by atoms with Gasteiger partial charge in [0.1, 0.15) is 0 Å². The first-order valence-corrected chi connectivity index (χ1v) is 16.3. The van der Waals surface area contributed by atoms with Crippen molar-refractivity contribution >= 4 is 11.8 Å². The lowest BCUT2D eigenvalue weighted by atomic mass is 9.65.